The lowest BCUT2D eigenvalue weighted by molar-refractivity contribution is -0.108. The van der Waals surface area contributed by atoms with Crippen molar-refractivity contribution < 1.29 is 14.6 Å². The van der Waals surface area contributed by atoms with E-state index in [4.69, 9.17) is 4.74 Å². The normalized spacial score (nSPS) is 12.2. The Bertz CT molecular complexity index is 349. The number of methoxy groups -OCH3 is 1. The summed E-state index contributed by atoms with van der Waals surface area (Å²) in [6.07, 6.45) is 0.779. The Labute approximate surface area is 90.8 Å². The van der Waals surface area contributed by atoms with Crippen molar-refractivity contribution in [1.82, 2.24) is 0 Å². The van der Waals surface area contributed by atoms with Crippen LogP contribution < -0.4 is 4.74 Å². The zero-order valence-corrected chi connectivity index (χ0v) is 9.54. The topological polar surface area (TPSA) is 46.5 Å². The molecule has 14 heavy (non-hydrogen) atoms. The molecule has 0 aliphatic carbocycles. The van der Waals surface area contributed by atoms with Crippen molar-refractivity contribution in [3.8, 4) is 11.5 Å². The molecule has 0 fully saturated rings. The summed E-state index contributed by atoms with van der Waals surface area (Å²) in [4.78, 5) is 10.6. The molecule has 0 aliphatic rings. The Kier molecular flexibility index (Phi) is 3.52. The van der Waals surface area contributed by atoms with Gasteiger partial charge in [0.1, 0.15) is 6.29 Å². The van der Waals surface area contributed by atoms with Crippen LogP contribution in [0.1, 0.15) is 18.4 Å². The van der Waals surface area contributed by atoms with Gasteiger partial charge in [-0.1, -0.05) is 22.9 Å². The molecular formula is C10H11BrO3. The number of rotatable bonds is 3. The number of benzene rings is 1. The number of carbonyl (C=O) groups is 1. The Morgan fingerprint density at radius 3 is 2.71 bits per heavy atom. The molecule has 1 rings (SSSR count). The molecule has 3 nitrogen and oxygen atoms in total. The van der Waals surface area contributed by atoms with Gasteiger partial charge in [0.05, 0.1) is 7.11 Å². The molecule has 0 spiro atoms. The fourth-order valence-electron chi connectivity index (χ4n) is 1.17. The van der Waals surface area contributed by atoms with Crippen molar-refractivity contribution in [1.29, 1.82) is 0 Å². The summed E-state index contributed by atoms with van der Waals surface area (Å²) in [5, 5.41) is 9.71. The highest BCUT2D eigenvalue weighted by Crippen LogP contribution is 2.36. The van der Waals surface area contributed by atoms with Gasteiger partial charge in [-0.05, 0) is 12.1 Å². The third-order valence-electron chi connectivity index (χ3n) is 1.98. The number of halogens is 1. The molecule has 0 saturated heterocycles. The summed E-state index contributed by atoms with van der Waals surface area (Å²) in [6.45, 7) is 1.72. The highest BCUT2D eigenvalue weighted by Gasteiger charge is 2.14. The number of hydrogen-bond acceptors (Lipinski definition) is 3. The average molecular weight is 259 g/mol. The van der Waals surface area contributed by atoms with Gasteiger partial charge in [0, 0.05) is 16.0 Å². The van der Waals surface area contributed by atoms with Crippen LogP contribution in [0.4, 0.5) is 0 Å². The van der Waals surface area contributed by atoms with E-state index in [0.29, 0.717) is 11.3 Å². The zero-order valence-electron chi connectivity index (χ0n) is 7.95. The van der Waals surface area contributed by atoms with E-state index < -0.39 is 0 Å². The van der Waals surface area contributed by atoms with Crippen LogP contribution in [-0.4, -0.2) is 18.5 Å². The maximum atomic E-state index is 10.6. The van der Waals surface area contributed by atoms with Crippen molar-refractivity contribution in [2.75, 3.05) is 7.11 Å². The molecule has 0 aromatic heterocycles. The van der Waals surface area contributed by atoms with Crippen molar-refractivity contribution in [3.05, 3.63) is 22.2 Å². The molecule has 4 heteroatoms. The van der Waals surface area contributed by atoms with Crippen LogP contribution in [0.25, 0.3) is 0 Å². The van der Waals surface area contributed by atoms with Crippen molar-refractivity contribution >= 4 is 22.2 Å². The highest BCUT2D eigenvalue weighted by atomic mass is 79.9. The van der Waals surface area contributed by atoms with E-state index in [1.807, 2.05) is 0 Å². The monoisotopic (exact) mass is 258 g/mol. The summed E-state index contributed by atoms with van der Waals surface area (Å²) in [7, 11) is 1.47. The molecule has 0 bridgehead atoms. The minimum absolute atomic E-state index is 0.0234. The molecule has 1 atom stereocenters. The lowest BCUT2D eigenvalue weighted by Gasteiger charge is -2.11. The van der Waals surface area contributed by atoms with Gasteiger partial charge in [-0.2, -0.15) is 0 Å². The summed E-state index contributed by atoms with van der Waals surface area (Å²) < 4.78 is 5.74. The molecular weight excluding hydrogens is 248 g/mol. The van der Waals surface area contributed by atoms with E-state index in [2.05, 4.69) is 15.9 Å². The van der Waals surface area contributed by atoms with Crippen molar-refractivity contribution in [2.24, 2.45) is 0 Å². The second kappa shape index (κ2) is 4.46. The fourth-order valence-corrected chi connectivity index (χ4v) is 1.62. The first-order valence-electron chi connectivity index (χ1n) is 4.11. The molecule has 1 N–H and O–H groups in total. The number of phenolic OH excluding ortho intramolecular Hbond substituents is 1. The minimum Gasteiger partial charge on any atom is -0.504 e. The van der Waals surface area contributed by atoms with Gasteiger partial charge < -0.3 is 14.6 Å². The lowest BCUT2D eigenvalue weighted by atomic mass is 10.0. The number of ether oxygens (including phenoxy) is 1. The average Bonchev–Trinajstić information content (AvgIpc) is 2.19. The lowest BCUT2D eigenvalue weighted by Crippen LogP contribution is -1.97. The van der Waals surface area contributed by atoms with Crippen LogP contribution in [0, 0.1) is 0 Å². The summed E-state index contributed by atoms with van der Waals surface area (Å²) in [5.74, 6) is 0.0415. The maximum absolute atomic E-state index is 10.6. The number of aldehydes is 1. The standard InChI is InChI=1S/C10H11BrO3/c1-6(5-12)8-3-7(11)4-9(14-2)10(8)13/h3-6,13H,1-2H3. The molecule has 0 radical (unpaired) electrons. The molecule has 0 aliphatic heterocycles. The molecule has 76 valence electrons. The van der Waals surface area contributed by atoms with Crippen molar-refractivity contribution in [2.45, 2.75) is 12.8 Å². The van der Waals surface area contributed by atoms with Gasteiger partial charge in [-0.15, -0.1) is 0 Å². The van der Waals surface area contributed by atoms with Gasteiger partial charge in [0.15, 0.2) is 11.5 Å². The van der Waals surface area contributed by atoms with Gasteiger partial charge in [-0.3, -0.25) is 0 Å². The van der Waals surface area contributed by atoms with E-state index in [1.165, 1.54) is 7.11 Å². The Hall–Kier alpha value is -1.03. The molecule has 0 heterocycles. The first-order chi connectivity index (χ1) is 6.60. The Morgan fingerprint density at radius 2 is 2.21 bits per heavy atom. The van der Waals surface area contributed by atoms with E-state index in [-0.39, 0.29) is 11.7 Å². The number of hydrogen-bond donors (Lipinski definition) is 1. The zero-order chi connectivity index (χ0) is 10.7. The van der Waals surface area contributed by atoms with Gasteiger partial charge >= 0.3 is 0 Å². The van der Waals surface area contributed by atoms with Gasteiger partial charge in [-0.25, -0.2) is 0 Å². The number of aromatic hydroxyl groups is 1. The van der Waals surface area contributed by atoms with E-state index in [0.717, 1.165) is 10.8 Å². The fraction of sp³-hybridized carbons (Fsp3) is 0.300. The van der Waals surface area contributed by atoms with E-state index in [9.17, 15) is 9.90 Å². The van der Waals surface area contributed by atoms with Crippen LogP contribution in [0.15, 0.2) is 16.6 Å². The SMILES string of the molecule is COc1cc(Br)cc(C(C)C=O)c1O. The second-order valence-corrected chi connectivity index (χ2v) is 3.89. The highest BCUT2D eigenvalue weighted by molar-refractivity contribution is 9.10. The predicted molar refractivity (Wildman–Crippen MR) is 56.8 cm³/mol. The first kappa shape index (κ1) is 11.0. The molecule has 1 unspecified atom stereocenters. The quantitative estimate of drug-likeness (QED) is 0.848. The van der Waals surface area contributed by atoms with E-state index in [1.54, 1.807) is 19.1 Å². The largest absolute Gasteiger partial charge is 0.504 e. The molecule has 0 amide bonds. The third kappa shape index (κ3) is 2.07. The van der Waals surface area contributed by atoms with Crippen LogP contribution in [0.3, 0.4) is 0 Å². The summed E-state index contributed by atoms with van der Waals surface area (Å²) >= 11 is 3.28. The third-order valence-corrected chi connectivity index (χ3v) is 2.44. The maximum Gasteiger partial charge on any atom is 0.161 e. The Morgan fingerprint density at radius 1 is 1.57 bits per heavy atom. The van der Waals surface area contributed by atoms with Crippen LogP contribution in [-0.2, 0) is 4.79 Å². The smallest absolute Gasteiger partial charge is 0.161 e. The first-order valence-corrected chi connectivity index (χ1v) is 4.91. The summed E-state index contributed by atoms with van der Waals surface area (Å²) in [5.41, 5.74) is 0.561. The van der Waals surface area contributed by atoms with E-state index >= 15 is 0 Å². The Balaban J connectivity index is 3.28. The van der Waals surface area contributed by atoms with Gasteiger partial charge in [0.25, 0.3) is 0 Å². The minimum atomic E-state index is -0.346. The molecule has 1 aromatic carbocycles. The van der Waals surface area contributed by atoms with Gasteiger partial charge in [0.2, 0.25) is 0 Å². The van der Waals surface area contributed by atoms with Crippen molar-refractivity contribution in [3.63, 3.8) is 0 Å². The molecule has 1 aromatic rings. The second-order valence-electron chi connectivity index (χ2n) is 2.97. The summed E-state index contributed by atoms with van der Waals surface area (Å²) in [6, 6.07) is 3.35. The van der Waals surface area contributed by atoms with Crippen LogP contribution in [0.5, 0.6) is 11.5 Å². The predicted octanol–water partition coefficient (Wildman–Crippen LogP) is 2.47. The molecule has 0 saturated carbocycles. The number of carbonyl (C=O) groups excluding carboxylic acids is 1. The number of phenols is 1. The van der Waals surface area contributed by atoms with Crippen LogP contribution >= 0.6 is 15.9 Å². The van der Waals surface area contributed by atoms with Crippen LogP contribution in [0.2, 0.25) is 0 Å².